The van der Waals surface area contributed by atoms with Crippen LogP contribution in [0.2, 0.25) is 0 Å². The molecule has 1 aliphatic heterocycles. The minimum atomic E-state index is 0.796. The lowest BCUT2D eigenvalue weighted by Gasteiger charge is -2.35. The predicted octanol–water partition coefficient (Wildman–Crippen LogP) is 3.49. The fraction of sp³-hybridized carbons (Fsp3) is 1.00. The lowest BCUT2D eigenvalue weighted by atomic mass is 10.1. The number of unbranched alkanes of at least 4 members (excludes halogenated alkanes) is 1. The number of nitrogens with zero attached hydrogens (tertiary/aromatic N) is 2. The third-order valence-corrected chi connectivity index (χ3v) is 4.17. The molecule has 126 valence electrons. The molecule has 0 aromatic heterocycles. The summed E-state index contributed by atoms with van der Waals surface area (Å²) in [5, 5.41) is 0. The average molecular weight is 299 g/mol. The molecule has 1 fully saturated rings. The minimum absolute atomic E-state index is 0.796. The number of piperazine rings is 1. The number of hydrogen-bond donors (Lipinski definition) is 0. The van der Waals surface area contributed by atoms with E-state index in [1.54, 1.807) is 0 Å². The van der Waals surface area contributed by atoms with Gasteiger partial charge >= 0.3 is 0 Å². The van der Waals surface area contributed by atoms with Crippen LogP contribution < -0.4 is 0 Å². The van der Waals surface area contributed by atoms with Gasteiger partial charge in [0.1, 0.15) is 0 Å². The van der Waals surface area contributed by atoms with Crippen LogP contribution in [0.4, 0.5) is 0 Å². The molecule has 0 aromatic rings. The van der Waals surface area contributed by atoms with Crippen LogP contribution in [0.1, 0.15) is 53.4 Å². The predicted molar refractivity (Wildman–Crippen MR) is 91.8 cm³/mol. The van der Waals surface area contributed by atoms with Crippen LogP contribution in [0.3, 0.4) is 0 Å². The zero-order chi connectivity index (χ0) is 15.5. The molecule has 3 nitrogen and oxygen atoms in total. The maximum Gasteiger partial charge on any atom is 0.0466 e. The second-order valence-corrected chi connectivity index (χ2v) is 7.39. The van der Waals surface area contributed by atoms with E-state index in [0.717, 1.165) is 25.0 Å². The summed E-state index contributed by atoms with van der Waals surface area (Å²) in [7, 11) is 0. The van der Waals surface area contributed by atoms with Crippen LogP contribution in [0.5, 0.6) is 0 Å². The number of hydrogen-bond acceptors (Lipinski definition) is 3. The van der Waals surface area contributed by atoms with Crippen molar-refractivity contribution in [2.45, 2.75) is 53.4 Å². The van der Waals surface area contributed by atoms with Gasteiger partial charge in [-0.25, -0.2) is 0 Å². The minimum Gasteiger partial charge on any atom is -0.381 e. The standard InChI is InChI=1S/C18H38N2O/c1-17(2)8-7-15-21-14-6-5-9-19-10-12-20(13-11-19)16-18(3)4/h17-18H,5-16H2,1-4H3. The van der Waals surface area contributed by atoms with Crippen molar-refractivity contribution in [1.29, 1.82) is 0 Å². The Morgan fingerprint density at radius 2 is 1.38 bits per heavy atom. The van der Waals surface area contributed by atoms with Crippen LogP contribution in [-0.4, -0.2) is 62.3 Å². The highest BCUT2D eigenvalue weighted by Gasteiger charge is 2.16. The van der Waals surface area contributed by atoms with E-state index in [1.165, 1.54) is 65.0 Å². The van der Waals surface area contributed by atoms with Gasteiger partial charge in [0.2, 0.25) is 0 Å². The van der Waals surface area contributed by atoms with Gasteiger partial charge in [-0.2, -0.15) is 0 Å². The van der Waals surface area contributed by atoms with E-state index in [-0.39, 0.29) is 0 Å². The Bertz CT molecular complexity index is 235. The summed E-state index contributed by atoms with van der Waals surface area (Å²) in [6.45, 7) is 18.6. The van der Waals surface area contributed by atoms with Crippen molar-refractivity contribution in [1.82, 2.24) is 9.80 Å². The molecular weight excluding hydrogens is 260 g/mol. The van der Waals surface area contributed by atoms with Gasteiger partial charge in [0, 0.05) is 45.9 Å². The topological polar surface area (TPSA) is 15.7 Å². The van der Waals surface area contributed by atoms with E-state index in [4.69, 9.17) is 4.74 Å². The molecule has 0 saturated carbocycles. The molecule has 3 heteroatoms. The summed E-state index contributed by atoms with van der Waals surface area (Å²) >= 11 is 0. The van der Waals surface area contributed by atoms with Gasteiger partial charge in [-0.1, -0.05) is 27.7 Å². The maximum absolute atomic E-state index is 5.71. The van der Waals surface area contributed by atoms with E-state index >= 15 is 0 Å². The first-order valence-corrected chi connectivity index (χ1v) is 9.10. The molecule has 0 bridgehead atoms. The molecule has 0 amide bonds. The second-order valence-electron chi connectivity index (χ2n) is 7.39. The summed E-state index contributed by atoms with van der Waals surface area (Å²) in [4.78, 5) is 5.23. The summed E-state index contributed by atoms with van der Waals surface area (Å²) in [5.74, 6) is 1.60. The Morgan fingerprint density at radius 1 is 0.762 bits per heavy atom. The summed E-state index contributed by atoms with van der Waals surface area (Å²) in [6, 6.07) is 0. The molecule has 0 aromatic carbocycles. The third-order valence-electron chi connectivity index (χ3n) is 4.17. The molecule has 1 heterocycles. The van der Waals surface area contributed by atoms with Crippen molar-refractivity contribution in [2.24, 2.45) is 11.8 Å². The Labute approximate surface area is 133 Å². The first-order chi connectivity index (χ1) is 10.1. The van der Waals surface area contributed by atoms with Crippen LogP contribution in [0.15, 0.2) is 0 Å². The summed E-state index contributed by atoms with van der Waals surface area (Å²) in [5.41, 5.74) is 0. The quantitative estimate of drug-likeness (QED) is 0.543. The van der Waals surface area contributed by atoms with E-state index in [9.17, 15) is 0 Å². The molecule has 0 spiro atoms. The van der Waals surface area contributed by atoms with Gasteiger partial charge in [0.25, 0.3) is 0 Å². The fourth-order valence-electron chi connectivity index (χ4n) is 2.95. The SMILES string of the molecule is CC(C)CCCOCCCCN1CCN(CC(C)C)CC1. The van der Waals surface area contributed by atoms with Crippen molar-refractivity contribution >= 4 is 0 Å². The van der Waals surface area contributed by atoms with Crippen molar-refractivity contribution < 1.29 is 4.74 Å². The van der Waals surface area contributed by atoms with Crippen molar-refractivity contribution in [3.05, 3.63) is 0 Å². The van der Waals surface area contributed by atoms with Gasteiger partial charge in [0.15, 0.2) is 0 Å². The highest BCUT2D eigenvalue weighted by Crippen LogP contribution is 2.07. The molecular formula is C18H38N2O. The molecule has 1 rings (SSSR count). The van der Waals surface area contributed by atoms with Crippen LogP contribution >= 0.6 is 0 Å². The molecule has 0 aliphatic carbocycles. The first-order valence-electron chi connectivity index (χ1n) is 9.10. The lowest BCUT2D eigenvalue weighted by molar-refractivity contribution is 0.106. The van der Waals surface area contributed by atoms with E-state index in [0.29, 0.717) is 0 Å². The maximum atomic E-state index is 5.71. The van der Waals surface area contributed by atoms with Crippen molar-refractivity contribution in [3.63, 3.8) is 0 Å². The van der Waals surface area contributed by atoms with Gasteiger partial charge < -0.3 is 14.5 Å². The van der Waals surface area contributed by atoms with Crippen LogP contribution in [0.25, 0.3) is 0 Å². The monoisotopic (exact) mass is 298 g/mol. The Kier molecular flexibility index (Phi) is 10.3. The van der Waals surface area contributed by atoms with Gasteiger partial charge in [-0.3, -0.25) is 0 Å². The van der Waals surface area contributed by atoms with E-state index in [2.05, 4.69) is 37.5 Å². The van der Waals surface area contributed by atoms with E-state index < -0.39 is 0 Å². The molecule has 0 radical (unpaired) electrons. The lowest BCUT2D eigenvalue weighted by Crippen LogP contribution is -2.47. The Morgan fingerprint density at radius 3 is 2.00 bits per heavy atom. The zero-order valence-corrected chi connectivity index (χ0v) is 14.9. The number of ether oxygens (including phenoxy) is 1. The molecule has 0 N–H and O–H groups in total. The Hall–Kier alpha value is -0.120. The molecule has 0 unspecified atom stereocenters. The summed E-state index contributed by atoms with van der Waals surface area (Å²) in [6.07, 6.45) is 5.01. The molecule has 0 atom stereocenters. The largest absolute Gasteiger partial charge is 0.381 e. The van der Waals surface area contributed by atoms with Gasteiger partial charge in [-0.15, -0.1) is 0 Å². The smallest absolute Gasteiger partial charge is 0.0466 e. The van der Waals surface area contributed by atoms with Crippen LogP contribution in [-0.2, 0) is 4.74 Å². The summed E-state index contributed by atoms with van der Waals surface area (Å²) < 4.78 is 5.71. The molecule has 1 aliphatic rings. The van der Waals surface area contributed by atoms with Gasteiger partial charge in [0.05, 0.1) is 0 Å². The molecule has 21 heavy (non-hydrogen) atoms. The van der Waals surface area contributed by atoms with Crippen molar-refractivity contribution in [3.8, 4) is 0 Å². The molecule has 1 saturated heterocycles. The second kappa shape index (κ2) is 11.4. The highest BCUT2D eigenvalue weighted by molar-refractivity contribution is 4.72. The third kappa shape index (κ3) is 10.3. The highest BCUT2D eigenvalue weighted by atomic mass is 16.5. The fourth-order valence-corrected chi connectivity index (χ4v) is 2.95. The van der Waals surface area contributed by atoms with Crippen LogP contribution in [0, 0.1) is 11.8 Å². The van der Waals surface area contributed by atoms with Crippen molar-refractivity contribution in [2.75, 3.05) is 52.5 Å². The average Bonchev–Trinajstić information content (AvgIpc) is 2.42. The number of rotatable bonds is 11. The zero-order valence-electron chi connectivity index (χ0n) is 14.9. The normalized spacial score (nSPS) is 18.0. The first kappa shape index (κ1) is 18.9. The van der Waals surface area contributed by atoms with Gasteiger partial charge in [-0.05, 0) is 44.1 Å². The van der Waals surface area contributed by atoms with E-state index in [1.807, 2.05) is 0 Å². The Balaban J connectivity index is 1.88.